The van der Waals surface area contributed by atoms with Crippen molar-refractivity contribution in [2.45, 2.75) is 0 Å². The summed E-state index contributed by atoms with van der Waals surface area (Å²) in [6, 6.07) is 22.0. The highest BCUT2D eigenvalue weighted by atomic mass is 16.5. The van der Waals surface area contributed by atoms with Crippen molar-refractivity contribution in [3.05, 3.63) is 90.9 Å². The molecular weight excluding hydrogens is 390 g/mol. The molecule has 0 bridgehead atoms. The molecule has 7 nitrogen and oxygen atoms in total. The first-order chi connectivity index (χ1) is 15.3. The van der Waals surface area contributed by atoms with Crippen molar-refractivity contribution in [1.82, 2.24) is 19.9 Å². The molecule has 0 aliphatic heterocycles. The number of H-pyrrole nitrogens is 1. The molecule has 0 aliphatic rings. The standard InChI is InChI=1S/C24H15N5O2/c25-14-16-6-1-2-9-21(16)31-22-13-18(30-17-7-5-10-26-15-17)12-20-23(22)29-24(28-20)19-8-3-4-11-27-19/h1-13,15H,(H,28,29). The van der Waals surface area contributed by atoms with Crippen molar-refractivity contribution in [3.63, 3.8) is 0 Å². The van der Waals surface area contributed by atoms with Gasteiger partial charge in [0, 0.05) is 24.5 Å². The first-order valence-electron chi connectivity index (χ1n) is 9.50. The van der Waals surface area contributed by atoms with Crippen LogP contribution in [0.25, 0.3) is 22.6 Å². The van der Waals surface area contributed by atoms with Crippen LogP contribution in [-0.4, -0.2) is 19.9 Å². The van der Waals surface area contributed by atoms with Crippen LogP contribution in [0.4, 0.5) is 0 Å². The summed E-state index contributed by atoms with van der Waals surface area (Å²) in [7, 11) is 0. The Labute approximate surface area is 177 Å². The number of imidazole rings is 1. The zero-order valence-corrected chi connectivity index (χ0v) is 16.2. The molecule has 0 saturated heterocycles. The molecule has 0 unspecified atom stereocenters. The highest BCUT2D eigenvalue weighted by Gasteiger charge is 2.16. The number of aromatic nitrogens is 4. The van der Waals surface area contributed by atoms with Crippen LogP contribution in [0.1, 0.15) is 5.56 Å². The molecule has 0 atom stereocenters. The van der Waals surface area contributed by atoms with Crippen LogP contribution in [-0.2, 0) is 0 Å². The van der Waals surface area contributed by atoms with E-state index in [1.165, 1.54) is 0 Å². The lowest BCUT2D eigenvalue weighted by atomic mass is 10.2. The lowest BCUT2D eigenvalue weighted by molar-refractivity contribution is 0.462. The Hall–Kier alpha value is -4.70. The zero-order chi connectivity index (χ0) is 21.0. The molecule has 5 rings (SSSR count). The number of benzene rings is 2. The van der Waals surface area contributed by atoms with Crippen molar-refractivity contribution in [3.8, 4) is 40.6 Å². The second-order valence-corrected chi connectivity index (χ2v) is 6.62. The largest absolute Gasteiger partial charge is 0.456 e. The third-order valence-corrected chi connectivity index (χ3v) is 4.53. The predicted molar refractivity (Wildman–Crippen MR) is 115 cm³/mol. The number of hydrogen-bond donors (Lipinski definition) is 1. The number of rotatable bonds is 5. The molecule has 3 aromatic heterocycles. The van der Waals surface area contributed by atoms with Crippen LogP contribution in [0, 0.1) is 11.3 Å². The van der Waals surface area contributed by atoms with Gasteiger partial charge in [0.05, 0.1) is 17.3 Å². The van der Waals surface area contributed by atoms with Gasteiger partial charge in [-0.2, -0.15) is 5.26 Å². The van der Waals surface area contributed by atoms with Crippen LogP contribution >= 0.6 is 0 Å². The lowest BCUT2D eigenvalue weighted by Gasteiger charge is -2.11. The first-order valence-corrected chi connectivity index (χ1v) is 9.50. The van der Waals surface area contributed by atoms with E-state index < -0.39 is 0 Å². The summed E-state index contributed by atoms with van der Waals surface area (Å²) in [5, 5.41) is 9.42. The van der Waals surface area contributed by atoms with Crippen LogP contribution in [0.3, 0.4) is 0 Å². The van der Waals surface area contributed by atoms with E-state index in [1.54, 1.807) is 48.9 Å². The molecular formula is C24H15N5O2. The Morgan fingerprint density at radius 2 is 1.74 bits per heavy atom. The molecule has 148 valence electrons. The van der Waals surface area contributed by atoms with E-state index in [9.17, 15) is 5.26 Å². The molecule has 0 spiro atoms. The number of nitrogens with one attached hydrogen (secondary N) is 1. The van der Waals surface area contributed by atoms with Crippen LogP contribution in [0.5, 0.6) is 23.0 Å². The maximum atomic E-state index is 9.42. The van der Waals surface area contributed by atoms with Crippen molar-refractivity contribution < 1.29 is 9.47 Å². The number of nitrogens with zero attached hydrogens (tertiary/aromatic N) is 4. The molecule has 1 N–H and O–H groups in total. The molecule has 3 heterocycles. The monoisotopic (exact) mass is 405 g/mol. The molecule has 7 heteroatoms. The number of aromatic amines is 1. The van der Waals surface area contributed by atoms with Crippen molar-refractivity contribution in [2.75, 3.05) is 0 Å². The van der Waals surface area contributed by atoms with E-state index in [1.807, 2.05) is 36.4 Å². The van der Waals surface area contributed by atoms with E-state index in [4.69, 9.17) is 9.47 Å². The minimum atomic E-state index is 0.426. The SMILES string of the molecule is N#Cc1ccccc1Oc1cc(Oc2cccnc2)cc2[nH]c(-c3ccccn3)nc12. The summed E-state index contributed by atoms with van der Waals surface area (Å²) in [5.41, 5.74) is 2.45. The third kappa shape index (κ3) is 3.78. The summed E-state index contributed by atoms with van der Waals surface area (Å²) < 4.78 is 12.1. The highest BCUT2D eigenvalue weighted by Crippen LogP contribution is 2.36. The Morgan fingerprint density at radius 1 is 0.839 bits per heavy atom. The smallest absolute Gasteiger partial charge is 0.159 e. The van der Waals surface area contributed by atoms with Gasteiger partial charge < -0.3 is 14.5 Å². The summed E-state index contributed by atoms with van der Waals surface area (Å²) in [6.07, 6.45) is 5.01. The van der Waals surface area contributed by atoms with Crippen molar-refractivity contribution in [1.29, 1.82) is 5.26 Å². The van der Waals surface area contributed by atoms with E-state index in [2.05, 4.69) is 26.0 Å². The summed E-state index contributed by atoms with van der Waals surface area (Å²) in [4.78, 5) is 16.4. The molecule has 31 heavy (non-hydrogen) atoms. The number of pyridine rings is 2. The summed E-state index contributed by atoms with van der Waals surface area (Å²) in [5.74, 6) is 2.63. The maximum absolute atomic E-state index is 9.42. The number of para-hydroxylation sites is 1. The topological polar surface area (TPSA) is 96.7 Å². The number of nitriles is 1. The maximum Gasteiger partial charge on any atom is 0.159 e. The van der Waals surface area contributed by atoms with Gasteiger partial charge in [0.25, 0.3) is 0 Å². The first kappa shape index (κ1) is 18.3. The van der Waals surface area contributed by atoms with Crippen LogP contribution in [0.15, 0.2) is 85.3 Å². The highest BCUT2D eigenvalue weighted by molar-refractivity contribution is 5.86. The second kappa shape index (κ2) is 7.97. The average Bonchev–Trinajstić information content (AvgIpc) is 3.25. The third-order valence-electron chi connectivity index (χ3n) is 4.53. The number of hydrogen-bond acceptors (Lipinski definition) is 6. The average molecular weight is 405 g/mol. The molecule has 0 fully saturated rings. The molecule has 0 amide bonds. The normalized spacial score (nSPS) is 10.5. The van der Waals surface area contributed by atoms with Crippen LogP contribution in [0.2, 0.25) is 0 Å². The lowest BCUT2D eigenvalue weighted by Crippen LogP contribution is -1.91. The Balaban J connectivity index is 1.63. The minimum Gasteiger partial charge on any atom is -0.456 e. The summed E-state index contributed by atoms with van der Waals surface area (Å²) >= 11 is 0. The molecule has 0 saturated carbocycles. The molecule has 0 radical (unpaired) electrons. The summed E-state index contributed by atoms with van der Waals surface area (Å²) in [6.45, 7) is 0. The fourth-order valence-corrected chi connectivity index (χ4v) is 3.13. The molecule has 0 aliphatic carbocycles. The molecule has 2 aromatic carbocycles. The Kier molecular flexibility index (Phi) is 4.71. The van der Waals surface area contributed by atoms with E-state index >= 15 is 0 Å². The van der Waals surface area contributed by atoms with Gasteiger partial charge in [-0.1, -0.05) is 18.2 Å². The van der Waals surface area contributed by atoms with Gasteiger partial charge >= 0.3 is 0 Å². The van der Waals surface area contributed by atoms with Gasteiger partial charge in [-0.15, -0.1) is 0 Å². The van der Waals surface area contributed by atoms with E-state index in [-0.39, 0.29) is 0 Å². The quantitative estimate of drug-likeness (QED) is 0.416. The van der Waals surface area contributed by atoms with Crippen LogP contribution < -0.4 is 9.47 Å². The fourth-order valence-electron chi connectivity index (χ4n) is 3.13. The van der Waals surface area contributed by atoms with Gasteiger partial charge in [-0.3, -0.25) is 9.97 Å². The van der Waals surface area contributed by atoms with Crippen molar-refractivity contribution >= 4 is 11.0 Å². The zero-order valence-electron chi connectivity index (χ0n) is 16.2. The van der Waals surface area contributed by atoms with Gasteiger partial charge in [0.2, 0.25) is 0 Å². The molecule has 5 aromatic rings. The second-order valence-electron chi connectivity index (χ2n) is 6.62. The van der Waals surface area contributed by atoms with E-state index in [0.29, 0.717) is 51.1 Å². The van der Waals surface area contributed by atoms with E-state index in [0.717, 1.165) is 0 Å². The Bertz CT molecular complexity index is 1390. The fraction of sp³-hybridized carbons (Fsp3) is 0. The minimum absolute atomic E-state index is 0.426. The van der Waals surface area contributed by atoms with Gasteiger partial charge in [-0.05, 0) is 36.4 Å². The van der Waals surface area contributed by atoms with Gasteiger partial charge in [0.1, 0.15) is 34.5 Å². The van der Waals surface area contributed by atoms with Gasteiger partial charge in [-0.25, -0.2) is 4.98 Å². The Morgan fingerprint density at radius 3 is 2.55 bits per heavy atom. The predicted octanol–water partition coefficient (Wildman–Crippen LogP) is 5.48. The number of ether oxygens (including phenoxy) is 2. The van der Waals surface area contributed by atoms with Gasteiger partial charge in [0.15, 0.2) is 11.6 Å². The number of fused-ring (bicyclic) bond motifs is 1. The van der Waals surface area contributed by atoms with Crippen molar-refractivity contribution in [2.24, 2.45) is 0 Å².